The van der Waals surface area contributed by atoms with Crippen molar-refractivity contribution < 1.29 is 9.53 Å². The Kier molecular flexibility index (Phi) is 7.28. The number of benzene rings is 2. The van der Waals surface area contributed by atoms with Crippen LogP contribution in [0.15, 0.2) is 78.5 Å². The summed E-state index contributed by atoms with van der Waals surface area (Å²) in [6.07, 6.45) is 5.83. The van der Waals surface area contributed by atoms with Crippen LogP contribution in [-0.2, 0) is 4.79 Å². The summed E-state index contributed by atoms with van der Waals surface area (Å²) in [5.74, 6) is 2.20. The molecular formula is C28H33N3O2. The highest BCUT2D eigenvalue weighted by molar-refractivity contribution is 5.89. The van der Waals surface area contributed by atoms with Crippen LogP contribution in [0.4, 0.5) is 5.69 Å². The summed E-state index contributed by atoms with van der Waals surface area (Å²) in [6.45, 7) is 12.2. The minimum atomic E-state index is -0.0642. The number of rotatable bonds is 11. The molecule has 5 heteroatoms. The Balaban J connectivity index is 1.23. The van der Waals surface area contributed by atoms with Gasteiger partial charge in [0.15, 0.2) is 0 Å². The third-order valence-electron chi connectivity index (χ3n) is 6.30. The summed E-state index contributed by atoms with van der Waals surface area (Å²) in [5.41, 5.74) is 4.34. The van der Waals surface area contributed by atoms with Gasteiger partial charge >= 0.3 is 0 Å². The molecule has 0 spiro atoms. The molecule has 0 unspecified atom stereocenters. The normalized spacial score (nSPS) is 16.8. The van der Waals surface area contributed by atoms with Gasteiger partial charge in [0, 0.05) is 37.1 Å². The third-order valence-corrected chi connectivity index (χ3v) is 6.30. The highest BCUT2D eigenvalue weighted by Gasteiger charge is 2.28. The van der Waals surface area contributed by atoms with Crippen molar-refractivity contribution in [2.24, 2.45) is 10.9 Å². The average molecular weight is 444 g/mol. The number of ether oxygens (including phenoxy) is 1. The molecule has 1 saturated heterocycles. The van der Waals surface area contributed by atoms with Crippen molar-refractivity contribution in [3.8, 4) is 5.75 Å². The molecule has 0 radical (unpaired) electrons. The van der Waals surface area contributed by atoms with Crippen LogP contribution in [0.25, 0.3) is 0 Å². The molecule has 1 N–H and O–H groups in total. The molecule has 1 saturated carbocycles. The molecule has 1 amide bonds. The zero-order chi connectivity index (χ0) is 23.2. The second kappa shape index (κ2) is 10.5. The van der Waals surface area contributed by atoms with Crippen molar-refractivity contribution >= 4 is 17.8 Å². The standard InChI is InChI=1S/C28H33N3O2/c1-4-29-16-20(2)15-28(32)30-21(3)23-7-9-24(10-8-23)25-17-31(18-25)26-11-13-27(14-12-26)33-19-22-5-6-22/h4,7-14,16,21-22,25H,1-2,5-6,15,17-19H2,3H3,(H,30,32)/t21-/m0/s1. The van der Waals surface area contributed by atoms with Gasteiger partial charge in [0.1, 0.15) is 5.75 Å². The van der Waals surface area contributed by atoms with Crippen LogP contribution >= 0.6 is 0 Å². The van der Waals surface area contributed by atoms with Crippen LogP contribution in [0, 0.1) is 5.92 Å². The van der Waals surface area contributed by atoms with Gasteiger partial charge in [0.2, 0.25) is 5.91 Å². The topological polar surface area (TPSA) is 53.9 Å². The largest absolute Gasteiger partial charge is 0.493 e. The average Bonchev–Trinajstić information content (AvgIpc) is 3.61. The molecule has 2 aliphatic rings. The number of amides is 1. The fourth-order valence-electron chi connectivity index (χ4n) is 3.99. The summed E-state index contributed by atoms with van der Waals surface area (Å²) in [5, 5.41) is 3.03. The van der Waals surface area contributed by atoms with Gasteiger partial charge in [-0.25, -0.2) is 0 Å². The van der Waals surface area contributed by atoms with Crippen molar-refractivity contribution in [2.45, 2.75) is 38.1 Å². The first-order valence-corrected chi connectivity index (χ1v) is 11.7. The van der Waals surface area contributed by atoms with Crippen LogP contribution in [0.2, 0.25) is 0 Å². The lowest BCUT2D eigenvalue weighted by molar-refractivity contribution is -0.120. The van der Waals surface area contributed by atoms with Crippen molar-refractivity contribution in [1.29, 1.82) is 0 Å². The number of carbonyl (C=O) groups is 1. The van der Waals surface area contributed by atoms with Gasteiger partial charge in [0.05, 0.1) is 19.1 Å². The number of aliphatic imine (C=N–C) groups is 1. The highest BCUT2D eigenvalue weighted by atomic mass is 16.5. The molecule has 1 aliphatic heterocycles. The van der Waals surface area contributed by atoms with E-state index in [4.69, 9.17) is 4.74 Å². The SMILES string of the molecule is C=CN=CC(=C)CC(=O)N[C@@H](C)c1ccc(C2CN(c3ccc(OCC4CC4)cc3)C2)cc1. The van der Waals surface area contributed by atoms with Crippen molar-refractivity contribution in [3.63, 3.8) is 0 Å². The van der Waals surface area contributed by atoms with E-state index in [1.165, 1.54) is 30.3 Å². The number of hydrogen-bond donors (Lipinski definition) is 1. The molecule has 5 nitrogen and oxygen atoms in total. The Labute approximate surface area is 196 Å². The highest BCUT2D eigenvalue weighted by Crippen LogP contribution is 2.34. The van der Waals surface area contributed by atoms with Crippen LogP contribution in [-0.4, -0.2) is 31.8 Å². The van der Waals surface area contributed by atoms with Crippen LogP contribution < -0.4 is 15.0 Å². The van der Waals surface area contributed by atoms with E-state index >= 15 is 0 Å². The molecule has 0 aromatic heterocycles. The maximum absolute atomic E-state index is 12.2. The van der Waals surface area contributed by atoms with Crippen molar-refractivity contribution in [1.82, 2.24) is 5.32 Å². The second-order valence-corrected chi connectivity index (χ2v) is 9.10. The quantitative estimate of drug-likeness (QED) is 0.472. The number of carbonyl (C=O) groups excluding carboxylic acids is 1. The summed E-state index contributed by atoms with van der Waals surface area (Å²) in [6, 6.07) is 17.0. The third kappa shape index (κ3) is 6.35. The van der Waals surface area contributed by atoms with E-state index in [1.54, 1.807) is 6.21 Å². The lowest BCUT2D eigenvalue weighted by Gasteiger charge is -2.41. The molecule has 1 heterocycles. The van der Waals surface area contributed by atoms with Gasteiger partial charge in [0.25, 0.3) is 0 Å². The molecule has 2 fully saturated rings. The first-order valence-electron chi connectivity index (χ1n) is 11.7. The Bertz CT molecular complexity index is 1000. The zero-order valence-electron chi connectivity index (χ0n) is 19.4. The Morgan fingerprint density at radius 3 is 2.52 bits per heavy atom. The Morgan fingerprint density at radius 2 is 1.88 bits per heavy atom. The molecule has 1 aliphatic carbocycles. The van der Waals surface area contributed by atoms with Gasteiger partial charge in [-0.05, 0) is 66.6 Å². The molecule has 4 rings (SSSR count). The van der Waals surface area contributed by atoms with E-state index in [0.29, 0.717) is 11.5 Å². The van der Waals surface area contributed by atoms with Gasteiger partial charge in [-0.2, -0.15) is 0 Å². The molecular weight excluding hydrogens is 410 g/mol. The van der Waals surface area contributed by atoms with E-state index in [1.807, 2.05) is 6.92 Å². The number of nitrogens with one attached hydrogen (secondary N) is 1. The van der Waals surface area contributed by atoms with E-state index in [2.05, 4.69) is 76.9 Å². The van der Waals surface area contributed by atoms with E-state index in [0.717, 1.165) is 36.9 Å². The molecule has 2 aromatic carbocycles. The summed E-state index contributed by atoms with van der Waals surface area (Å²) in [7, 11) is 0. The van der Waals surface area contributed by atoms with Crippen LogP contribution in [0.3, 0.4) is 0 Å². The molecule has 33 heavy (non-hydrogen) atoms. The van der Waals surface area contributed by atoms with Gasteiger partial charge in [-0.3, -0.25) is 9.79 Å². The Hall–Kier alpha value is -3.34. The smallest absolute Gasteiger partial charge is 0.224 e. The molecule has 1 atom stereocenters. The predicted octanol–water partition coefficient (Wildman–Crippen LogP) is 5.42. The number of anilines is 1. The van der Waals surface area contributed by atoms with Crippen LogP contribution in [0.1, 0.15) is 49.3 Å². The fourth-order valence-corrected chi connectivity index (χ4v) is 3.99. The first kappa shape index (κ1) is 22.8. The Morgan fingerprint density at radius 1 is 1.18 bits per heavy atom. The molecule has 172 valence electrons. The van der Waals surface area contributed by atoms with E-state index < -0.39 is 0 Å². The minimum absolute atomic E-state index is 0.0609. The second-order valence-electron chi connectivity index (χ2n) is 9.10. The van der Waals surface area contributed by atoms with Crippen LogP contribution in [0.5, 0.6) is 5.75 Å². The maximum Gasteiger partial charge on any atom is 0.224 e. The fraction of sp³-hybridized carbons (Fsp3) is 0.357. The maximum atomic E-state index is 12.2. The van der Waals surface area contributed by atoms with Crippen molar-refractivity contribution in [3.05, 3.63) is 84.6 Å². The van der Waals surface area contributed by atoms with E-state index in [9.17, 15) is 4.79 Å². The first-order chi connectivity index (χ1) is 16.0. The number of nitrogens with zero attached hydrogens (tertiary/aromatic N) is 2. The van der Waals surface area contributed by atoms with Gasteiger partial charge in [-0.15, -0.1) is 0 Å². The molecule has 2 aromatic rings. The van der Waals surface area contributed by atoms with E-state index in [-0.39, 0.29) is 18.4 Å². The number of hydrogen-bond acceptors (Lipinski definition) is 4. The summed E-state index contributed by atoms with van der Waals surface area (Å²) < 4.78 is 5.84. The lowest BCUT2D eigenvalue weighted by Crippen LogP contribution is -2.45. The van der Waals surface area contributed by atoms with Gasteiger partial charge < -0.3 is 15.0 Å². The predicted molar refractivity (Wildman–Crippen MR) is 135 cm³/mol. The molecule has 0 bridgehead atoms. The minimum Gasteiger partial charge on any atom is -0.493 e. The summed E-state index contributed by atoms with van der Waals surface area (Å²) in [4.78, 5) is 18.5. The van der Waals surface area contributed by atoms with Gasteiger partial charge in [-0.1, -0.05) is 37.4 Å². The summed E-state index contributed by atoms with van der Waals surface area (Å²) >= 11 is 0. The monoisotopic (exact) mass is 443 g/mol. The lowest BCUT2D eigenvalue weighted by atomic mass is 9.90. The van der Waals surface area contributed by atoms with Crippen molar-refractivity contribution in [2.75, 3.05) is 24.6 Å². The zero-order valence-corrected chi connectivity index (χ0v) is 19.4.